The minimum atomic E-state index is -0.297. The van der Waals surface area contributed by atoms with Gasteiger partial charge < -0.3 is 14.2 Å². The molecule has 1 aromatic carbocycles. The van der Waals surface area contributed by atoms with Gasteiger partial charge in [-0.3, -0.25) is 9.69 Å². The van der Waals surface area contributed by atoms with Gasteiger partial charge in [0.05, 0.1) is 12.6 Å². The monoisotopic (exact) mass is 358 g/mol. The van der Waals surface area contributed by atoms with Crippen LogP contribution in [0.3, 0.4) is 0 Å². The van der Waals surface area contributed by atoms with Gasteiger partial charge >= 0.3 is 0 Å². The highest BCUT2D eigenvalue weighted by molar-refractivity contribution is 5.78. The molecule has 1 saturated heterocycles. The number of aryl methyl sites for hydroxylation is 2. The Labute approximate surface area is 153 Å². The second-order valence-corrected chi connectivity index (χ2v) is 6.99. The highest BCUT2D eigenvalue weighted by Gasteiger charge is 2.31. The summed E-state index contributed by atoms with van der Waals surface area (Å²) in [6.45, 7) is 8.06. The van der Waals surface area contributed by atoms with Gasteiger partial charge in [-0.15, -0.1) is 0 Å². The number of carbonyl (C=O) groups excluding carboxylic acids is 1. The largest absolute Gasteiger partial charge is 0.363 e. The molecule has 1 aliphatic heterocycles. The molecule has 0 unspecified atom stereocenters. The molecule has 0 aliphatic carbocycles. The van der Waals surface area contributed by atoms with E-state index >= 15 is 0 Å². The summed E-state index contributed by atoms with van der Waals surface area (Å²) < 4.78 is 11.1. The number of carbonyl (C=O) groups is 1. The molecular formula is C19H26N4O3. The van der Waals surface area contributed by atoms with Gasteiger partial charge in [0.1, 0.15) is 6.10 Å². The van der Waals surface area contributed by atoms with Crippen LogP contribution in [0, 0.1) is 13.8 Å². The van der Waals surface area contributed by atoms with Crippen molar-refractivity contribution in [2.24, 2.45) is 0 Å². The molecule has 0 bridgehead atoms. The normalized spacial score (nSPS) is 20.9. The standard InChI is InChI=1S/C19H26N4O3/c1-13-7-5-6-8-16(13)10-22(4)18(24)12-23-9-14(2)25-17(11-23)19-20-15(3)21-26-19/h5-8,14,17H,9-12H2,1-4H3/t14-,17-/m1/s1. The van der Waals surface area contributed by atoms with Crippen LogP contribution in [0.2, 0.25) is 0 Å². The van der Waals surface area contributed by atoms with E-state index in [0.717, 1.165) is 5.56 Å². The number of nitrogens with zero attached hydrogens (tertiary/aromatic N) is 4. The molecule has 1 aromatic heterocycles. The molecule has 140 valence electrons. The van der Waals surface area contributed by atoms with Crippen molar-refractivity contribution in [3.05, 3.63) is 47.1 Å². The summed E-state index contributed by atoms with van der Waals surface area (Å²) in [7, 11) is 1.84. The first-order chi connectivity index (χ1) is 12.4. The van der Waals surface area contributed by atoms with Crippen LogP contribution in [0.4, 0.5) is 0 Å². The van der Waals surface area contributed by atoms with Gasteiger partial charge in [-0.05, 0) is 31.9 Å². The molecular weight excluding hydrogens is 332 g/mol. The maximum atomic E-state index is 12.7. The van der Waals surface area contributed by atoms with Crippen molar-refractivity contribution in [1.29, 1.82) is 0 Å². The number of likely N-dealkylation sites (N-methyl/N-ethyl adjacent to an activating group) is 1. The molecule has 7 nitrogen and oxygen atoms in total. The second kappa shape index (κ2) is 7.97. The summed E-state index contributed by atoms with van der Waals surface area (Å²) in [4.78, 5) is 20.8. The molecule has 1 fully saturated rings. The third-order valence-corrected chi connectivity index (χ3v) is 4.61. The van der Waals surface area contributed by atoms with Gasteiger partial charge in [0, 0.05) is 26.7 Å². The summed E-state index contributed by atoms with van der Waals surface area (Å²) >= 11 is 0. The van der Waals surface area contributed by atoms with Crippen LogP contribution in [0.15, 0.2) is 28.8 Å². The molecule has 0 saturated carbocycles. The molecule has 7 heteroatoms. The maximum absolute atomic E-state index is 12.7. The predicted octanol–water partition coefficient (Wildman–Crippen LogP) is 2.11. The van der Waals surface area contributed by atoms with Crippen LogP contribution in [-0.2, 0) is 16.1 Å². The van der Waals surface area contributed by atoms with Crippen LogP contribution in [0.1, 0.15) is 35.9 Å². The highest BCUT2D eigenvalue weighted by Crippen LogP contribution is 2.24. The Balaban J connectivity index is 1.60. The van der Waals surface area contributed by atoms with E-state index in [9.17, 15) is 4.79 Å². The van der Waals surface area contributed by atoms with Crippen molar-refractivity contribution in [1.82, 2.24) is 19.9 Å². The Morgan fingerprint density at radius 3 is 2.77 bits per heavy atom. The molecule has 0 spiro atoms. The predicted molar refractivity (Wildman–Crippen MR) is 96.4 cm³/mol. The van der Waals surface area contributed by atoms with Crippen LogP contribution < -0.4 is 0 Å². The van der Waals surface area contributed by atoms with Crippen molar-refractivity contribution in [2.45, 2.75) is 39.5 Å². The number of ether oxygens (including phenoxy) is 1. The van der Waals surface area contributed by atoms with Crippen LogP contribution in [0.25, 0.3) is 0 Å². The smallest absolute Gasteiger partial charge is 0.257 e. The first-order valence-corrected chi connectivity index (χ1v) is 8.89. The molecule has 0 radical (unpaired) electrons. The quantitative estimate of drug-likeness (QED) is 0.815. The molecule has 26 heavy (non-hydrogen) atoms. The molecule has 2 heterocycles. The number of hydrogen-bond donors (Lipinski definition) is 0. The molecule has 2 atom stereocenters. The van der Waals surface area contributed by atoms with Crippen molar-refractivity contribution in [3.8, 4) is 0 Å². The zero-order valence-corrected chi connectivity index (χ0v) is 15.8. The average Bonchev–Trinajstić information content (AvgIpc) is 3.03. The van der Waals surface area contributed by atoms with E-state index < -0.39 is 0 Å². The van der Waals surface area contributed by atoms with E-state index in [1.807, 2.05) is 26.1 Å². The van der Waals surface area contributed by atoms with E-state index in [-0.39, 0.29) is 18.1 Å². The van der Waals surface area contributed by atoms with Crippen molar-refractivity contribution in [3.63, 3.8) is 0 Å². The summed E-state index contributed by atoms with van der Waals surface area (Å²) in [5.74, 6) is 1.14. The van der Waals surface area contributed by atoms with Crippen molar-refractivity contribution in [2.75, 3.05) is 26.7 Å². The fourth-order valence-corrected chi connectivity index (χ4v) is 3.19. The topological polar surface area (TPSA) is 71.7 Å². The van der Waals surface area contributed by atoms with Gasteiger partial charge in [0.15, 0.2) is 5.82 Å². The van der Waals surface area contributed by atoms with Crippen molar-refractivity contribution < 1.29 is 14.1 Å². The number of morpholine rings is 1. The third kappa shape index (κ3) is 4.47. The van der Waals surface area contributed by atoms with E-state index in [2.05, 4.69) is 34.1 Å². The number of aromatic nitrogens is 2. The lowest BCUT2D eigenvalue weighted by molar-refractivity contribution is -0.136. The van der Waals surface area contributed by atoms with Crippen LogP contribution in [-0.4, -0.2) is 58.6 Å². The number of hydrogen-bond acceptors (Lipinski definition) is 6. The Morgan fingerprint density at radius 1 is 1.31 bits per heavy atom. The summed E-state index contributed by atoms with van der Waals surface area (Å²) in [6.07, 6.45) is -0.301. The summed E-state index contributed by atoms with van der Waals surface area (Å²) in [5, 5.41) is 3.83. The lowest BCUT2D eigenvalue weighted by Crippen LogP contribution is -2.47. The van der Waals surface area contributed by atoms with E-state index in [1.165, 1.54) is 5.56 Å². The zero-order valence-electron chi connectivity index (χ0n) is 15.8. The van der Waals surface area contributed by atoms with Gasteiger partial charge in [-0.25, -0.2) is 0 Å². The average molecular weight is 358 g/mol. The molecule has 3 rings (SSSR count). The van der Waals surface area contributed by atoms with E-state index in [4.69, 9.17) is 9.26 Å². The van der Waals surface area contributed by atoms with Crippen LogP contribution in [0.5, 0.6) is 0 Å². The molecule has 0 N–H and O–H groups in total. The Bertz CT molecular complexity index is 761. The Morgan fingerprint density at radius 2 is 2.08 bits per heavy atom. The first-order valence-electron chi connectivity index (χ1n) is 8.89. The van der Waals surface area contributed by atoms with Crippen LogP contribution >= 0.6 is 0 Å². The Kier molecular flexibility index (Phi) is 5.68. The maximum Gasteiger partial charge on any atom is 0.257 e. The number of benzene rings is 1. The fourth-order valence-electron chi connectivity index (χ4n) is 3.19. The minimum Gasteiger partial charge on any atom is -0.363 e. The number of rotatable bonds is 5. The lowest BCUT2D eigenvalue weighted by atomic mass is 10.1. The third-order valence-electron chi connectivity index (χ3n) is 4.61. The number of amides is 1. The zero-order chi connectivity index (χ0) is 18.7. The second-order valence-electron chi connectivity index (χ2n) is 6.99. The lowest BCUT2D eigenvalue weighted by Gasteiger charge is -2.35. The van der Waals surface area contributed by atoms with Gasteiger partial charge in [-0.2, -0.15) is 4.98 Å². The first kappa shape index (κ1) is 18.5. The van der Waals surface area contributed by atoms with Gasteiger partial charge in [0.25, 0.3) is 5.89 Å². The molecule has 1 aliphatic rings. The van der Waals surface area contributed by atoms with E-state index in [0.29, 0.717) is 37.9 Å². The highest BCUT2D eigenvalue weighted by atomic mass is 16.5. The Hall–Kier alpha value is -2.25. The van der Waals surface area contributed by atoms with Crippen molar-refractivity contribution >= 4 is 5.91 Å². The summed E-state index contributed by atoms with van der Waals surface area (Å²) in [5.41, 5.74) is 2.36. The SMILES string of the molecule is Cc1noc([C@H]2CN(CC(=O)N(C)Cc3ccccc3C)C[C@@H](C)O2)n1. The van der Waals surface area contributed by atoms with Gasteiger partial charge in [-0.1, -0.05) is 29.4 Å². The van der Waals surface area contributed by atoms with Gasteiger partial charge in [0.2, 0.25) is 5.91 Å². The molecule has 2 aromatic rings. The summed E-state index contributed by atoms with van der Waals surface area (Å²) in [6, 6.07) is 8.13. The molecule has 1 amide bonds. The van der Waals surface area contributed by atoms with E-state index in [1.54, 1.807) is 11.8 Å². The fraction of sp³-hybridized carbons (Fsp3) is 0.526. The minimum absolute atomic E-state index is 0.00423.